The summed E-state index contributed by atoms with van der Waals surface area (Å²) >= 11 is 1.08. The summed E-state index contributed by atoms with van der Waals surface area (Å²) < 4.78 is 1.57. The van der Waals surface area contributed by atoms with Crippen LogP contribution in [0.2, 0.25) is 0 Å². The van der Waals surface area contributed by atoms with Crippen molar-refractivity contribution in [2.45, 2.75) is 16.6 Å². The van der Waals surface area contributed by atoms with Crippen molar-refractivity contribution in [3.8, 4) is 0 Å². The van der Waals surface area contributed by atoms with Crippen LogP contribution in [0, 0.1) is 10.1 Å². The van der Waals surface area contributed by atoms with Crippen LogP contribution in [0.5, 0.6) is 0 Å². The van der Waals surface area contributed by atoms with E-state index in [1.807, 2.05) is 30.3 Å². The van der Waals surface area contributed by atoms with Gasteiger partial charge in [0.05, 0.1) is 16.4 Å². The molecule has 10 heteroatoms. The van der Waals surface area contributed by atoms with Crippen LogP contribution in [-0.4, -0.2) is 38.1 Å². The summed E-state index contributed by atoms with van der Waals surface area (Å²) in [4.78, 5) is 22.9. The van der Waals surface area contributed by atoms with Gasteiger partial charge in [0, 0.05) is 18.7 Å². The van der Waals surface area contributed by atoms with E-state index in [0.717, 1.165) is 17.3 Å². The number of nitro benzene ring substituents is 1. The summed E-state index contributed by atoms with van der Waals surface area (Å²) in [5, 5.41) is 25.8. The van der Waals surface area contributed by atoms with E-state index in [4.69, 9.17) is 0 Å². The third kappa shape index (κ3) is 3.86. The normalized spacial score (nSPS) is 10.5. The molecule has 132 valence electrons. The molecule has 0 fully saturated rings. The molecule has 0 bridgehead atoms. The second kappa shape index (κ2) is 7.74. The van der Waals surface area contributed by atoms with Crippen LogP contribution in [0.3, 0.4) is 0 Å². The molecule has 2 aromatic carbocycles. The van der Waals surface area contributed by atoms with Crippen LogP contribution in [0.4, 0.5) is 5.69 Å². The molecular weight excluding hydrogens is 356 g/mol. The number of tetrazole rings is 1. The Morgan fingerprint density at radius 3 is 2.73 bits per heavy atom. The van der Waals surface area contributed by atoms with Gasteiger partial charge in [-0.2, -0.15) is 0 Å². The zero-order valence-electron chi connectivity index (χ0n) is 13.7. The zero-order valence-corrected chi connectivity index (χ0v) is 14.5. The number of hydrogen-bond donors (Lipinski definition) is 1. The van der Waals surface area contributed by atoms with Crippen LogP contribution in [0.25, 0.3) is 0 Å². The smallest absolute Gasteiger partial charge is 0.284 e. The average Bonchev–Trinajstić information content (AvgIpc) is 3.08. The second-order valence-corrected chi connectivity index (χ2v) is 6.23. The topological polar surface area (TPSA) is 116 Å². The summed E-state index contributed by atoms with van der Waals surface area (Å²) in [6, 6.07) is 13.9. The minimum Gasteiger partial charge on any atom is -0.355 e. The van der Waals surface area contributed by atoms with E-state index in [-0.39, 0.29) is 11.3 Å². The van der Waals surface area contributed by atoms with Crippen molar-refractivity contribution in [2.24, 2.45) is 0 Å². The van der Waals surface area contributed by atoms with Crippen LogP contribution in [0.15, 0.2) is 58.6 Å². The maximum Gasteiger partial charge on any atom is 0.284 e. The third-order valence-electron chi connectivity index (χ3n) is 3.52. The van der Waals surface area contributed by atoms with Gasteiger partial charge in [-0.05, 0) is 39.9 Å². The number of rotatable bonds is 6. The van der Waals surface area contributed by atoms with Gasteiger partial charge >= 0.3 is 0 Å². The molecule has 0 aliphatic heterocycles. The highest BCUT2D eigenvalue weighted by Crippen LogP contribution is 2.34. The van der Waals surface area contributed by atoms with E-state index in [1.165, 1.54) is 25.2 Å². The highest BCUT2D eigenvalue weighted by molar-refractivity contribution is 7.99. The predicted octanol–water partition coefficient (Wildman–Crippen LogP) is 2.14. The predicted molar refractivity (Wildman–Crippen MR) is 94.0 cm³/mol. The molecule has 9 nitrogen and oxygen atoms in total. The van der Waals surface area contributed by atoms with Gasteiger partial charge in [0.25, 0.3) is 11.6 Å². The van der Waals surface area contributed by atoms with Gasteiger partial charge < -0.3 is 5.32 Å². The first-order valence-electron chi connectivity index (χ1n) is 7.57. The summed E-state index contributed by atoms with van der Waals surface area (Å²) in [5.74, 6) is -0.390. The Labute approximate surface area is 152 Å². The van der Waals surface area contributed by atoms with Gasteiger partial charge in [0.1, 0.15) is 0 Å². The molecule has 0 saturated carbocycles. The van der Waals surface area contributed by atoms with Crippen molar-refractivity contribution in [3.63, 3.8) is 0 Å². The van der Waals surface area contributed by atoms with E-state index in [2.05, 4.69) is 20.8 Å². The largest absolute Gasteiger partial charge is 0.355 e. The molecule has 26 heavy (non-hydrogen) atoms. The third-order valence-corrected chi connectivity index (χ3v) is 4.56. The van der Waals surface area contributed by atoms with E-state index in [0.29, 0.717) is 16.6 Å². The van der Waals surface area contributed by atoms with E-state index in [9.17, 15) is 14.9 Å². The van der Waals surface area contributed by atoms with Crippen molar-refractivity contribution in [1.29, 1.82) is 0 Å². The van der Waals surface area contributed by atoms with Crippen LogP contribution in [0.1, 0.15) is 15.9 Å². The van der Waals surface area contributed by atoms with Crippen molar-refractivity contribution in [3.05, 3.63) is 69.8 Å². The highest BCUT2D eigenvalue weighted by atomic mass is 32.2. The zero-order chi connectivity index (χ0) is 18.5. The van der Waals surface area contributed by atoms with Crippen molar-refractivity contribution in [2.75, 3.05) is 7.05 Å². The van der Waals surface area contributed by atoms with Crippen LogP contribution in [-0.2, 0) is 6.54 Å². The van der Waals surface area contributed by atoms with Gasteiger partial charge in [-0.1, -0.05) is 30.3 Å². The molecule has 0 aliphatic carbocycles. The lowest BCUT2D eigenvalue weighted by molar-refractivity contribution is -0.387. The number of amides is 1. The molecule has 1 heterocycles. The minimum absolute atomic E-state index is 0.176. The first kappa shape index (κ1) is 17.5. The van der Waals surface area contributed by atoms with Gasteiger partial charge in [-0.3, -0.25) is 14.9 Å². The van der Waals surface area contributed by atoms with Gasteiger partial charge in [0.2, 0.25) is 5.16 Å². The first-order chi connectivity index (χ1) is 12.6. The number of nitro groups is 1. The van der Waals surface area contributed by atoms with Crippen LogP contribution < -0.4 is 5.32 Å². The Hall–Kier alpha value is -3.27. The van der Waals surface area contributed by atoms with Crippen molar-refractivity contribution >= 4 is 23.4 Å². The monoisotopic (exact) mass is 370 g/mol. The van der Waals surface area contributed by atoms with Crippen molar-refractivity contribution in [1.82, 2.24) is 25.5 Å². The Kier molecular flexibility index (Phi) is 5.23. The molecule has 0 unspecified atom stereocenters. The van der Waals surface area contributed by atoms with Gasteiger partial charge in [-0.15, -0.1) is 5.10 Å². The number of nitrogens with zero attached hydrogens (tertiary/aromatic N) is 5. The standard InChI is InChI=1S/C16H14N6O3S/c1-17-15(23)12-7-8-14(13(9-12)22(24)25)26-16-18-19-20-21(16)10-11-5-3-2-4-6-11/h2-9H,10H2,1H3,(H,17,23). The molecule has 3 aromatic rings. The fraction of sp³-hybridized carbons (Fsp3) is 0.125. The molecule has 0 spiro atoms. The lowest BCUT2D eigenvalue weighted by Crippen LogP contribution is -2.17. The van der Waals surface area contributed by atoms with Gasteiger partial charge in [-0.25, -0.2) is 4.68 Å². The highest BCUT2D eigenvalue weighted by Gasteiger charge is 2.20. The number of hydrogen-bond acceptors (Lipinski definition) is 7. The summed E-state index contributed by atoms with van der Waals surface area (Å²) in [7, 11) is 1.47. The van der Waals surface area contributed by atoms with E-state index in [1.54, 1.807) is 4.68 Å². The molecule has 1 amide bonds. The average molecular weight is 370 g/mol. The molecule has 1 N–H and O–H groups in total. The minimum atomic E-state index is -0.528. The SMILES string of the molecule is CNC(=O)c1ccc(Sc2nnnn2Cc2ccccc2)c([N+](=O)[O-])c1. The van der Waals surface area contributed by atoms with Crippen LogP contribution >= 0.6 is 11.8 Å². The Bertz CT molecular complexity index is 944. The number of benzene rings is 2. The summed E-state index contributed by atoms with van der Waals surface area (Å²) in [6.07, 6.45) is 0. The molecular formula is C16H14N6O3S. The number of carbonyl (C=O) groups is 1. The summed E-state index contributed by atoms with van der Waals surface area (Å²) in [6.45, 7) is 0.445. The molecule has 0 atom stereocenters. The fourth-order valence-electron chi connectivity index (χ4n) is 2.26. The lowest BCUT2D eigenvalue weighted by Gasteiger charge is -2.06. The fourth-order valence-corrected chi connectivity index (χ4v) is 3.11. The molecule has 1 aromatic heterocycles. The Balaban J connectivity index is 1.89. The van der Waals surface area contributed by atoms with Gasteiger partial charge in [0.15, 0.2) is 0 Å². The quantitative estimate of drug-likeness (QED) is 0.522. The number of aromatic nitrogens is 4. The maximum absolute atomic E-state index is 11.7. The Morgan fingerprint density at radius 2 is 2.04 bits per heavy atom. The Morgan fingerprint density at radius 1 is 1.27 bits per heavy atom. The number of carbonyl (C=O) groups excluding carboxylic acids is 1. The number of nitrogens with one attached hydrogen (secondary N) is 1. The van der Waals surface area contributed by atoms with E-state index < -0.39 is 10.8 Å². The first-order valence-corrected chi connectivity index (χ1v) is 8.38. The molecule has 0 aliphatic rings. The van der Waals surface area contributed by atoms with Crippen molar-refractivity contribution < 1.29 is 9.72 Å². The second-order valence-electron chi connectivity index (χ2n) is 5.23. The molecule has 3 rings (SSSR count). The maximum atomic E-state index is 11.7. The lowest BCUT2D eigenvalue weighted by atomic mass is 10.2. The molecule has 0 radical (unpaired) electrons. The molecule has 0 saturated heterocycles. The van der Waals surface area contributed by atoms with E-state index >= 15 is 0 Å². The summed E-state index contributed by atoms with van der Waals surface area (Å²) in [5.41, 5.74) is 1.05.